The first-order valence-corrected chi connectivity index (χ1v) is 4.49. The number of hydrogen-bond acceptors (Lipinski definition) is 2. The smallest absolute Gasteiger partial charge is 0.108 e. The van der Waals surface area contributed by atoms with E-state index in [0.29, 0.717) is 6.23 Å². The minimum atomic E-state index is -0.00495. The Morgan fingerprint density at radius 3 is 2.45 bits per heavy atom. The van der Waals surface area contributed by atoms with E-state index in [0.717, 1.165) is 13.0 Å². The van der Waals surface area contributed by atoms with E-state index in [9.17, 15) is 0 Å². The second kappa shape index (κ2) is 3.55. The zero-order valence-corrected chi connectivity index (χ0v) is 7.81. The predicted molar refractivity (Wildman–Crippen MR) is 46.5 cm³/mol. The molecule has 1 atom stereocenters. The van der Waals surface area contributed by atoms with Gasteiger partial charge in [0.05, 0.1) is 5.60 Å². The molecule has 66 valence electrons. The van der Waals surface area contributed by atoms with Crippen molar-refractivity contribution in [2.45, 2.75) is 51.9 Å². The van der Waals surface area contributed by atoms with Gasteiger partial charge in [0.1, 0.15) is 6.23 Å². The molecule has 1 N–H and O–H groups in total. The van der Waals surface area contributed by atoms with E-state index in [-0.39, 0.29) is 5.60 Å². The second-order valence-electron chi connectivity index (χ2n) is 4.17. The van der Waals surface area contributed by atoms with Crippen molar-refractivity contribution in [3.63, 3.8) is 0 Å². The zero-order chi connectivity index (χ0) is 8.32. The Labute approximate surface area is 69.3 Å². The quantitative estimate of drug-likeness (QED) is 0.627. The molecule has 0 radical (unpaired) electrons. The van der Waals surface area contributed by atoms with Crippen LogP contribution in [-0.4, -0.2) is 18.4 Å². The molecule has 0 aliphatic carbocycles. The lowest BCUT2D eigenvalue weighted by Crippen LogP contribution is -2.41. The molecule has 0 bridgehead atoms. The Kier molecular flexibility index (Phi) is 2.90. The fourth-order valence-electron chi connectivity index (χ4n) is 1.35. The van der Waals surface area contributed by atoms with E-state index >= 15 is 0 Å². The van der Waals surface area contributed by atoms with Crippen molar-refractivity contribution in [3.8, 4) is 0 Å². The highest BCUT2D eigenvalue weighted by atomic mass is 16.5. The average molecular weight is 157 g/mol. The topological polar surface area (TPSA) is 21.3 Å². The molecular formula is C9H19NO. The van der Waals surface area contributed by atoms with Gasteiger partial charge < -0.3 is 4.74 Å². The Morgan fingerprint density at radius 2 is 2.00 bits per heavy atom. The predicted octanol–water partition coefficient (Wildman–Crippen LogP) is 1.90. The van der Waals surface area contributed by atoms with E-state index in [1.807, 2.05) is 0 Å². The van der Waals surface area contributed by atoms with E-state index in [4.69, 9.17) is 4.74 Å². The Bertz CT molecular complexity index is 111. The third-order valence-corrected chi connectivity index (χ3v) is 1.76. The van der Waals surface area contributed by atoms with Crippen LogP contribution in [0.25, 0.3) is 0 Å². The minimum absolute atomic E-state index is 0.00495. The Morgan fingerprint density at radius 1 is 1.27 bits per heavy atom. The number of rotatable bonds is 1. The van der Waals surface area contributed by atoms with Gasteiger partial charge in [-0.3, -0.25) is 5.32 Å². The standard InChI is InChI=1S/C9H19NO/c1-9(2,3)11-8-6-4-5-7-10-8/h8,10H,4-7H2,1-3H3/t8-/m1/s1. The average Bonchev–Trinajstić information content (AvgIpc) is 1.85. The summed E-state index contributed by atoms with van der Waals surface area (Å²) in [7, 11) is 0. The SMILES string of the molecule is CC(C)(C)O[C@@H]1CCCCN1. The van der Waals surface area contributed by atoms with Gasteiger partial charge >= 0.3 is 0 Å². The van der Waals surface area contributed by atoms with E-state index in [1.54, 1.807) is 0 Å². The largest absolute Gasteiger partial charge is 0.358 e. The summed E-state index contributed by atoms with van der Waals surface area (Å²) in [6.07, 6.45) is 4.05. The molecule has 1 heterocycles. The van der Waals surface area contributed by atoms with Crippen LogP contribution in [0.15, 0.2) is 0 Å². The molecule has 0 aromatic rings. The molecule has 2 heteroatoms. The molecule has 0 saturated carbocycles. The number of nitrogens with one attached hydrogen (secondary N) is 1. The molecular weight excluding hydrogens is 138 g/mol. The minimum Gasteiger partial charge on any atom is -0.358 e. The molecule has 0 aromatic carbocycles. The summed E-state index contributed by atoms with van der Waals surface area (Å²) in [5.41, 5.74) is -0.00495. The first kappa shape index (κ1) is 9.01. The molecule has 0 aromatic heterocycles. The highest BCUT2D eigenvalue weighted by Crippen LogP contribution is 2.15. The molecule has 1 aliphatic heterocycles. The van der Waals surface area contributed by atoms with Crippen LogP contribution in [0.1, 0.15) is 40.0 Å². The first-order valence-electron chi connectivity index (χ1n) is 4.49. The molecule has 11 heavy (non-hydrogen) atoms. The molecule has 1 fully saturated rings. The molecule has 1 aliphatic rings. The van der Waals surface area contributed by atoms with Gasteiger partial charge in [-0.1, -0.05) is 0 Å². The summed E-state index contributed by atoms with van der Waals surface area (Å²) < 4.78 is 5.77. The zero-order valence-electron chi connectivity index (χ0n) is 7.81. The normalized spacial score (nSPS) is 27.0. The third kappa shape index (κ3) is 3.73. The van der Waals surface area contributed by atoms with Crippen LogP contribution in [0.4, 0.5) is 0 Å². The van der Waals surface area contributed by atoms with Gasteiger partial charge in [-0.25, -0.2) is 0 Å². The van der Waals surface area contributed by atoms with Gasteiger partial charge in [-0.2, -0.15) is 0 Å². The maximum absolute atomic E-state index is 5.77. The van der Waals surface area contributed by atoms with Crippen LogP contribution in [0.3, 0.4) is 0 Å². The molecule has 0 amide bonds. The van der Waals surface area contributed by atoms with Gasteiger partial charge in [-0.05, 0) is 46.6 Å². The highest BCUT2D eigenvalue weighted by molar-refractivity contribution is 4.68. The van der Waals surface area contributed by atoms with Crippen molar-refractivity contribution in [1.29, 1.82) is 0 Å². The van der Waals surface area contributed by atoms with Crippen LogP contribution in [0.2, 0.25) is 0 Å². The van der Waals surface area contributed by atoms with Gasteiger partial charge in [0.25, 0.3) is 0 Å². The number of hydrogen-bond donors (Lipinski definition) is 1. The molecule has 1 saturated heterocycles. The fourth-order valence-corrected chi connectivity index (χ4v) is 1.35. The number of piperidine rings is 1. The lowest BCUT2D eigenvalue weighted by Gasteiger charge is -2.30. The van der Waals surface area contributed by atoms with E-state index in [1.165, 1.54) is 12.8 Å². The highest BCUT2D eigenvalue weighted by Gasteiger charge is 2.19. The van der Waals surface area contributed by atoms with Crippen molar-refractivity contribution >= 4 is 0 Å². The van der Waals surface area contributed by atoms with Crippen molar-refractivity contribution in [1.82, 2.24) is 5.32 Å². The Balaban J connectivity index is 2.24. The second-order valence-corrected chi connectivity index (χ2v) is 4.17. The molecule has 0 unspecified atom stereocenters. The summed E-state index contributed by atoms with van der Waals surface area (Å²) in [6.45, 7) is 7.41. The van der Waals surface area contributed by atoms with Crippen LogP contribution in [0, 0.1) is 0 Å². The third-order valence-electron chi connectivity index (χ3n) is 1.76. The summed E-state index contributed by atoms with van der Waals surface area (Å²) in [5.74, 6) is 0. The summed E-state index contributed by atoms with van der Waals surface area (Å²) in [5, 5.41) is 3.35. The molecule has 2 nitrogen and oxygen atoms in total. The molecule has 1 rings (SSSR count). The summed E-state index contributed by atoms with van der Waals surface area (Å²) in [6, 6.07) is 0. The van der Waals surface area contributed by atoms with Crippen molar-refractivity contribution < 1.29 is 4.74 Å². The van der Waals surface area contributed by atoms with Crippen molar-refractivity contribution in [2.75, 3.05) is 6.54 Å². The maximum Gasteiger partial charge on any atom is 0.108 e. The number of ether oxygens (including phenoxy) is 1. The van der Waals surface area contributed by atoms with Gasteiger partial charge in [0.15, 0.2) is 0 Å². The molecule has 0 spiro atoms. The van der Waals surface area contributed by atoms with Gasteiger partial charge in [0, 0.05) is 0 Å². The van der Waals surface area contributed by atoms with E-state index in [2.05, 4.69) is 26.1 Å². The Hall–Kier alpha value is -0.0800. The maximum atomic E-state index is 5.77. The van der Waals surface area contributed by atoms with Crippen LogP contribution >= 0.6 is 0 Å². The summed E-state index contributed by atoms with van der Waals surface area (Å²) >= 11 is 0. The fraction of sp³-hybridized carbons (Fsp3) is 1.00. The van der Waals surface area contributed by atoms with Crippen LogP contribution in [-0.2, 0) is 4.74 Å². The van der Waals surface area contributed by atoms with Crippen molar-refractivity contribution in [3.05, 3.63) is 0 Å². The van der Waals surface area contributed by atoms with Gasteiger partial charge in [0.2, 0.25) is 0 Å². The van der Waals surface area contributed by atoms with E-state index < -0.39 is 0 Å². The first-order chi connectivity index (χ1) is 5.08. The van der Waals surface area contributed by atoms with Crippen LogP contribution < -0.4 is 5.32 Å². The van der Waals surface area contributed by atoms with Gasteiger partial charge in [-0.15, -0.1) is 0 Å². The lowest BCUT2D eigenvalue weighted by molar-refractivity contribution is -0.0842. The van der Waals surface area contributed by atoms with Crippen molar-refractivity contribution in [2.24, 2.45) is 0 Å². The lowest BCUT2D eigenvalue weighted by atomic mass is 10.1. The monoisotopic (exact) mass is 157 g/mol. The van der Waals surface area contributed by atoms with Crippen LogP contribution in [0.5, 0.6) is 0 Å². The summed E-state index contributed by atoms with van der Waals surface area (Å²) in [4.78, 5) is 0.